The van der Waals surface area contributed by atoms with Crippen LogP contribution in [0.5, 0.6) is 11.5 Å². The average molecular weight is 554 g/mol. The Morgan fingerprint density at radius 1 is 0.395 bits per heavy atom. The molecular weight excluding hydrogens is 551 g/mol. The van der Waals surface area contributed by atoms with E-state index in [1.54, 1.807) is 0 Å². The fourth-order valence-electron chi connectivity index (χ4n) is 4.05. The van der Waals surface area contributed by atoms with Crippen LogP contribution in [0.4, 0.5) is 52.7 Å². The summed E-state index contributed by atoms with van der Waals surface area (Å²) in [6, 6.07) is 0.610. The van der Waals surface area contributed by atoms with Gasteiger partial charge in [-0.1, -0.05) is 0 Å². The highest BCUT2D eigenvalue weighted by molar-refractivity contribution is 6.37. The van der Waals surface area contributed by atoms with Crippen LogP contribution >= 0.6 is 0 Å². The first-order valence-corrected chi connectivity index (χ1v) is 9.82. The van der Waals surface area contributed by atoms with Crippen LogP contribution < -0.4 is 9.31 Å². The zero-order valence-corrected chi connectivity index (χ0v) is 17.5. The van der Waals surface area contributed by atoms with Gasteiger partial charge in [0.15, 0.2) is 69.7 Å². The predicted molar refractivity (Wildman–Crippen MR) is 105 cm³/mol. The molecule has 5 aromatic carbocycles. The van der Waals surface area contributed by atoms with Gasteiger partial charge in [-0.15, -0.1) is 0 Å². The molecule has 0 fully saturated rings. The minimum absolute atomic E-state index is 0.299. The maximum Gasteiger partial charge on any atom is 0.785 e. The highest BCUT2D eigenvalue weighted by Gasteiger charge is 2.37. The third kappa shape index (κ3) is 3.25. The summed E-state index contributed by atoms with van der Waals surface area (Å²) in [5.74, 6) is -31.0. The molecular formula is C22H3BF12O3. The van der Waals surface area contributed by atoms with Crippen molar-refractivity contribution in [1.29, 1.82) is 0 Å². The summed E-state index contributed by atoms with van der Waals surface area (Å²) in [6.07, 6.45) is 0. The van der Waals surface area contributed by atoms with Gasteiger partial charge in [0.2, 0.25) is 11.6 Å². The maximum absolute atomic E-state index is 15.1. The summed E-state index contributed by atoms with van der Waals surface area (Å²) in [4.78, 5) is 0. The van der Waals surface area contributed by atoms with E-state index in [9.17, 15) is 53.3 Å². The first-order chi connectivity index (χ1) is 17.8. The van der Waals surface area contributed by atoms with E-state index in [1.165, 1.54) is 0 Å². The van der Waals surface area contributed by atoms with Crippen LogP contribution in [-0.2, 0) is 0 Å². The van der Waals surface area contributed by atoms with Gasteiger partial charge < -0.3 is 14.3 Å². The monoisotopic (exact) mass is 554 g/mol. The molecule has 0 aliphatic carbocycles. The molecule has 0 aliphatic rings. The molecule has 0 saturated heterocycles. The molecule has 5 rings (SSSR count). The van der Waals surface area contributed by atoms with Gasteiger partial charge in [-0.2, -0.15) is 8.78 Å². The van der Waals surface area contributed by atoms with Crippen molar-refractivity contribution in [2.75, 3.05) is 0 Å². The van der Waals surface area contributed by atoms with Gasteiger partial charge in [0.1, 0.15) is 0 Å². The molecule has 196 valence electrons. The van der Waals surface area contributed by atoms with Crippen LogP contribution in [0, 0.1) is 69.8 Å². The molecule has 3 nitrogen and oxygen atoms in total. The molecule has 38 heavy (non-hydrogen) atoms. The Hall–Kier alpha value is -4.08. The first kappa shape index (κ1) is 25.6. The van der Waals surface area contributed by atoms with E-state index in [-0.39, 0.29) is 0 Å². The zero-order chi connectivity index (χ0) is 28.0. The lowest BCUT2D eigenvalue weighted by Crippen LogP contribution is -2.31. The van der Waals surface area contributed by atoms with Gasteiger partial charge in [-0.05, 0) is 12.1 Å². The number of rotatable bonds is 4. The third-order valence-electron chi connectivity index (χ3n) is 5.62. The predicted octanol–water partition coefficient (Wildman–Crippen LogP) is 6.69. The molecule has 0 aliphatic heterocycles. The Kier molecular flexibility index (Phi) is 5.70. The summed E-state index contributed by atoms with van der Waals surface area (Å²) in [5.41, 5.74) is 0. The van der Waals surface area contributed by atoms with Gasteiger partial charge >= 0.3 is 7.32 Å². The summed E-state index contributed by atoms with van der Waals surface area (Å²) < 4.78 is 181. The Bertz CT molecular complexity index is 1800. The average Bonchev–Trinajstić information content (AvgIpc) is 2.87. The lowest BCUT2D eigenvalue weighted by Gasteiger charge is -2.20. The van der Waals surface area contributed by atoms with E-state index in [2.05, 4.69) is 9.31 Å². The fourth-order valence-corrected chi connectivity index (χ4v) is 4.05. The lowest BCUT2D eigenvalue weighted by atomic mass is 9.90. The summed E-state index contributed by atoms with van der Waals surface area (Å²) in [7, 11) is -3.15. The molecule has 1 N–H and O–H groups in total. The highest BCUT2D eigenvalue weighted by Crippen LogP contribution is 2.48. The lowest BCUT2D eigenvalue weighted by molar-refractivity contribution is 0.274. The third-order valence-corrected chi connectivity index (χ3v) is 5.62. The van der Waals surface area contributed by atoms with E-state index in [4.69, 9.17) is 0 Å². The van der Waals surface area contributed by atoms with Crippen molar-refractivity contribution in [2.45, 2.75) is 0 Å². The molecule has 0 atom stereocenters. The number of hydrogen-bond acceptors (Lipinski definition) is 3. The normalized spacial score (nSPS) is 11.8. The van der Waals surface area contributed by atoms with E-state index < -0.39 is 121 Å². The largest absolute Gasteiger partial charge is 0.785 e. The van der Waals surface area contributed by atoms with E-state index >= 15 is 4.39 Å². The maximum atomic E-state index is 15.1. The van der Waals surface area contributed by atoms with Crippen molar-refractivity contribution in [3.63, 3.8) is 0 Å². The second-order valence-corrected chi connectivity index (χ2v) is 7.62. The summed E-state index contributed by atoms with van der Waals surface area (Å²) in [5, 5.41) is -0.216. The second-order valence-electron chi connectivity index (χ2n) is 7.62. The number of benzene rings is 5. The molecule has 5 aromatic rings. The second kappa shape index (κ2) is 8.47. The zero-order valence-electron chi connectivity index (χ0n) is 17.5. The molecule has 0 radical (unpaired) electrons. The van der Waals surface area contributed by atoms with Gasteiger partial charge in [-0.3, -0.25) is 0 Å². The van der Waals surface area contributed by atoms with Crippen LogP contribution in [0.2, 0.25) is 0 Å². The summed E-state index contributed by atoms with van der Waals surface area (Å²) >= 11 is 0. The molecule has 0 saturated carbocycles. The topological polar surface area (TPSA) is 38.7 Å². The van der Waals surface area contributed by atoms with Crippen LogP contribution in [-0.4, -0.2) is 12.3 Å². The van der Waals surface area contributed by atoms with Crippen molar-refractivity contribution >= 4 is 39.6 Å². The molecule has 0 aromatic heterocycles. The Balaban J connectivity index is 1.86. The van der Waals surface area contributed by atoms with Crippen LogP contribution in [0.25, 0.3) is 32.3 Å². The minimum Gasteiger partial charge on any atom is -0.498 e. The van der Waals surface area contributed by atoms with Gasteiger partial charge in [0.05, 0.1) is 21.5 Å². The van der Waals surface area contributed by atoms with Crippen molar-refractivity contribution in [3.05, 3.63) is 81.9 Å². The van der Waals surface area contributed by atoms with E-state index in [1.807, 2.05) is 0 Å². The molecule has 16 heteroatoms. The molecule has 0 amide bonds. The smallest absolute Gasteiger partial charge is 0.498 e. The van der Waals surface area contributed by atoms with Gasteiger partial charge in [0.25, 0.3) is 0 Å². The van der Waals surface area contributed by atoms with E-state index in [0.717, 1.165) is 0 Å². The Morgan fingerprint density at radius 3 is 1.29 bits per heavy atom. The van der Waals surface area contributed by atoms with Crippen molar-refractivity contribution in [1.82, 2.24) is 0 Å². The highest BCUT2D eigenvalue weighted by atomic mass is 19.2. The minimum atomic E-state index is -3.15. The quantitative estimate of drug-likeness (QED) is 0.0886. The molecule has 0 spiro atoms. The standard InChI is InChI=1S/C22H3BF12O3/c24-3-1-2-4(25)21(11(3)26)37-23(36)38-22-10-6-5-7(12(27)13(28)9(6)17(32)20(22)35)15(30)19(34)16(31)8(5)14(29)18(10)33/h1-2,36H. The fraction of sp³-hybridized carbons (Fsp3) is 0. The van der Waals surface area contributed by atoms with Crippen LogP contribution in [0.3, 0.4) is 0 Å². The van der Waals surface area contributed by atoms with Gasteiger partial charge in [0, 0.05) is 10.8 Å². The van der Waals surface area contributed by atoms with Crippen LogP contribution in [0.1, 0.15) is 0 Å². The Labute approximate surface area is 200 Å². The number of hydrogen-bond donors (Lipinski definition) is 1. The molecule has 0 unspecified atom stereocenters. The van der Waals surface area contributed by atoms with Gasteiger partial charge in [-0.25, -0.2) is 43.9 Å². The first-order valence-electron chi connectivity index (χ1n) is 9.82. The van der Waals surface area contributed by atoms with Crippen LogP contribution in [0.15, 0.2) is 12.1 Å². The van der Waals surface area contributed by atoms with E-state index in [0.29, 0.717) is 12.1 Å². The summed E-state index contributed by atoms with van der Waals surface area (Å²) in [6.45, 7) is 0. The van der Waals surface area contributed by atoms with Crippen molar-refractivity contribution in [3.8, 4) is 11.5 Å². The molecule has 0 heterocycles. The molecule has 0 bridgehead atoms. The Morgan fingerprint density at radius 2 is 0.763 bits per heavy atom. The number of halogens is 12. The SMILES string of the molecule is OB(Oc1c(F)ccc(F)c1F)Oc1c(F)c(F)c2c(F)c(F)c3c(F)c(F)c(F)c4c(F)c(F)c1c2c34. The van der Waals surface area contributed by atoms with Crippen molar-refractivity contribution < 1.29 is 67.0 Å². The van der Waals surface area contributed by atoms with Crippen molar-refractivity contribution in [2.24, 2.45) is 0 Å².